The maximum absolute atomic E-state index is 11.9. The zero-order chi connectivity index (χ0) is 15.2. The molecule has 1 aromatic heterocycles. The van der Waals surface area contributed by atoms with Crippen LogP contribution in [0.15, 0.2) is 28.7 Å². The number of para-hydroxylation sites is 1. The van der Waals surface area contributed by atoms with E-state index in [1.54, 1.807) is 4.90 Å². The summed E-state index contributed by atoms with van der Waals surface area (Å²) >= 11 is 0. The van der Waals surface area contributed by atoms with Gasteiger partial charge in [-0.05, 0) is 12.5 Å². The second-order valence-electron chi connectivity index (χ2n) is 5.39. The predicted molar refractivity (Wildman–Crippen MR) is 85.0 cm³/mol. The molecule has 1 aromatic carbocycles. The van der Waals surface area contributed by atoms with Crippen LogP contribution in [0.4, 0.5) is 0 Å². The van der Waals surface area contributed by atoms with E-state index in [1.165, 1.54) is 0 Å². The maximum Gasteiger partial charge on any atom is 0.223 e. The fourth-order valence-corrected chi connectivity index (χ4v) is 2.50. The number of benzene rings is 1. The molecule has 0 bridgehead atoms. The highest BCUT2D eigenvalue weighted by atomic mass is 16.3. The second kappa shape index (κ2) is 7.27. The number of hydrogen-bond acceptors (Lipinski definition) is 3. The zero-order valence-electron chi connectivity index (χ0n) is 12.9. The van der Waals surface area contributed by atoms with E-state index in [1.807, 2.05) is 25.2 Å². The molecule has 0 atom stereocenters. The Hall–Kier alpha value is -1.81. The molecule has 0 aliphatic carbocycles. The van der Waals surface area contributed by atoms with Crippen molar-refractivity contribution in [3.63, 3.8) is 0 Å². The van der Waals surface area contributed by atoms with E-state index >= 15 is 0 Å². The lowest BCUT2D eigenvalue weighted by molar-refractivity contribution is -0.130. The third-order valence-electron chi connectivity index (χ3n) is 3.72. The normalized spacial score (nSPS) is 11.0. The van der Waals surface area contributed by atoms with Gasteiger partial charge in [0.15, 0.2) is 0 Å². The van der Waals surface area contributed by atoms with Crippen LogP contribution < -0.4 is 5.73 Å². The largest absolute Gasteiger partial charge is 0.461 e. The Balaban J connectivity index is 2.28. The Labute approximate surface area is 125 Å². The number of carbonyl (C=O) groups excluding carboxylic acids is 1. The van der Waals surface area contributed by atoms with Crippen LogP contribution >= 0.6 is 0 Å². The summed E-state index contributed by atoms with van der Waals surface area (Å²) in [6.45, 7) is 3.13. The molecule has 0 aliphatic rings. The summed E-state index contributed by atoms with van der Waals surface area (Å²) < 4.78 is 5.98. The second-order valence-corrected chi connectivity index (χ2v) is 5.39. The van der Waals surface area contributed by atoms with Gasteiger partial charge in [-0.3, -0.25) is 4.79 Å². The molecule has 2 aromatic rings. The van der Waals surface area contributed by atoms with E-state index in [-0.39, 0.29) is 5.91 Å². The van der Waals surface area contributed by atoms with Crippen molar-refractivity contribution in [2.24, 2.45) is 5.73 Å². The maximum atomic E-state index is 11.9. The van der Waals surface area contributed by atoms with E-state index in [2.05, 4.69) is 13.0 Å². The molecule has 0 spiro atoms. The fraction of sp³-hybridized carbons (Fsp3) is 0.471. The summed E-state index contributed by atoms with van der Waals surface area (Å²) in [6, 6.07) is 8.02. The third kappa shape index (κ3) is 3.64. The van der Waals surface area contributed by atoms with Crippen molar-refractivity contribution < 1.29 is 9.21 Å². The summed E-state index contributed by atoms with van der Waals surface area (Å²) in [5.74, 6) is 1.08. The van der Waals surface area contributed by atoms with Crippen LogP contribution in [-0.4, -0.2) is 24.4 Å². The molecule has 1 amide bonds. The van der Waals surface area contributed by atoms with Crippen LogP contribution in [0.5, 0.6) is 0 Å². The highest BCUT2D eigenvalue weighted by Crippen LogP contribution is 2.28. The molecule has 0 saturated carbocycles. The van der Waals surface area contributed by atoms with E-state index < -0.39 is 0 Å². The standard InChI is InChI=1S/C17H24N2O2/c1-3-4-8-16-14(12-19(2)17(20)10-11-18)13-7-5-6-9-15(13)21-16/h5-7,9H,3-4,8,10-12,18H2,1-2H3. The number of aryl methyl sites for hydroxylation is 1. The third-order valence-corrected chi connectivity index (χ3v) is 3.72. The number of rotatable bonds is 7. The van der Waals surface area contributed by atoms with Crippen molar-refractivity contribution in [3.8, 4) is 0 Å². The van der Waals surface area contributed by atoms with E-state index in [9.17, 15) is 4.79 Å². The lowest BCUT2D eigenvalue weighted by Crippen LogP contribution is -2.28. The Morgan fingerprint density at radius 1 is 1.33 bits per heavy atom. The summed E-state index contributed by atoms with van der Waals surface area (Å²) in [5.41, 5.74) is 7.49. The van der Waals surface area contributed by atoms with Crippen LogP contribution in [-0.2, 0) is 17.8 Å². The number of hydrogen-bond donors (Lipinski definition) is 1. The first-order valence-electron chi connectivity index (χ1n) is 7.60. The molecule has 2 N–H and O–H groups in total. The molecule has 0 aliphatic heterocycles. The van der Waals surface area contributed by atoms with Crippen molar-refractivity contribution in [3.05, 3.63) is 35.6 Å². The summed E-state index contributed by atoms with van der Waals surface area (Å²) in [7, 11) is 1.82. The zero-order valence-corrected chi connectivity index (χ0v) is 12.9. The van der Waals surface area contributed by atoms with Gasteiger partial charge in [0.05, 0.1) is 0 Å². The topological polar surface area (TPSA) is 59.5 Å². The van der Waals surface area contributed by atoms with Crippen LogP contribution in [0.2, 0.25) is 0 Å². The number of furan rings is 1. The molecule has 0 saturated heterocycles. The van der Waals surface area contributed by atoms with E-state index in [0.29, 0.717) is 19.5 Å². The van der Waals surface area contributed by atoms with Gasteiger partial charge in [-0.15, -0.1) is 0 Å². The van der Waals surface area contributed by atoms with Crippen molar-refractivity contribution in [1.29, 1.82) is 0 Å². The quantitative estimate of drug-likeness (QED) is 0.851. The first-order chi connectivity index (χ1) is 10.2. The number of nitrogens with two attached hydrogens (primary N) is 1. The minimum absolute atomic E-state index is 0.0734. The highest BCUT2D eigenvalue weighted by Gasteiger charge is 2.17. The van der Waals surface area contributed by atoms with E-state index in [4.69, 9.17) is 10.2 Å². The fourth-order valence-electron chi connectivity index (χ4n) is 2.50. The lowest BCUT2D eigenvalue weighted by atomic mass is 10.1. The molecule has 1 heterocycles. The summed E-state index contributed by atoms with van der Waals surface area (Å²) in [4.78, 5) is 13.7. The Kier molecular flexibility index (Phi) is 5.39. The van der Waals surface area contributed by atoms with Gasteiger partial charge in [0.1, 0.15) is 11.3 Å². The first-order valence-corrected chi connectivity index (χ1v) is 7.60. The van der Waals surface area contributed by atoms with Gasteiger partial charge in [-0.1, -0.05) is 31.5 Å². The Bertz CT molecular complexity index is 604. The number of carbonyl (C=O) groups is 1. The minimum Gasteiger partial charge on any atom is -0.461 e. The molecular weight excluding hydrogens is 264 g/mol. The van der Waals surface area contributed by atoms with Crippen molar-refractivity contribution in [1.82, 2.24) is 4.90 Å². The lowest BCUT2D eigenvalue weighted by Gasteiger charge is -2.17. The first kappa shape index (κ1) is 15.6. The van der Waals surface area contributed by atoms with Crippen LogP contribution in [0.1, 0.15) is 37.5 Å². The molecule has 0 radical (unpaired) electrons. The van der Waals surface area contributed by atoms with Gasteiger partial charge < -0.3 is 15.1 Å². The summed E-state index contributed by atoms with van der Waals surface area (Å²) in [6.07, 6.45) is 3.52. The smallest absolute Gasteiger partial charge is 0.223 e. The van der Waals surface area contributed by atoms with Gasteiger partial charge in [-0.25, -0.2) is 0 Å². The number of fused-ring (bicyclic) bond motifs is 1. The average Bonchev–Trinajstić information content (AvgIpc) is 2.83. The average molecular weight is 288 g/mol. The predicted octanol–water partition coefficient (Wildman–Crippen LogP) is 3.08. The van der Waals surface area contributed by atoms with Gasteiger partial charge in [0, 0.05) is 43.9 Å². The van der Waals surface area contributed by atoms with E-state index in [0.717, 1.165) is 41.6 Å². The molecule has 0 unspecified atom stereocenters. The molecule has 0 fully saturated rings. The SMILES string of the molecule is CCCCc1oc2ccccc2c1CN(C)C(=O)CCN. The molecular formula is C17H24N2O2. The van der Waals surface area contributed by atoms with Crippen LogP contribution in [0.3, 0.4) is 0 Å². The monoisotopic (exact) mass is 288 g/mol. The molecule has 4 heteroatoms. The van der Waals surface area contributed by atoms with Gasteiger partial charge in [0.2, 0.25) is 5.91 Å². The Morgan fingerprint density at radius 2 is 2.10 bits per heavy atom. The van der Waals surface area contributed by atoms with Gasteiger partial charge in [0.25, 0.3) is 0 Å². The number of nitrogens with zero attached hydrogens (tertiary/aromatic N) is 1. The molecule has 114 valence electrons. The summed E-state index contributed by atoms with van der Waals surface area (Å²) in [5, 5.41) is 1.11. The molecule has 2 rings (SSSR count). The number of unbranched alkanes of at least 4 members (excludes halogenated alkanes) is 1. The minimum atomic E-state index is 0.0734. The Morgan fingerprint density at radius 3 is 2.81 bits per heavy atom. The highest BCUT2D eigenvalue weighted by molar-refractivity contribution is 5.83. The molecule has 4 nitrogen and oxygen atoms in total. The number of amides is 1. The van der Waals surface area contributed by atoms with Crippen LogP contribution in [0, 0.1) is 0 Å². The van der Waals surface area contributed by atoms with Crippen molar-refractivity contribution in [2.45, 2.75) is 39.2 Å². The molecule has 21 heavy (non-hydrogen) atoms. The van der Waals surface area contributed by atoms with Gasteiger partial charge in [-0.2, -0.15) is 0 Å². The van der Waals surface area contributed by atoms with Crippen molar-refractivity contribution in [2.75, 3.05) is 13.6 Å². The van der Waals surface area contributed by atoms with Gasteiger partial charge >= 0.3 is 0 Å². The van der Waals surface area contributed by atoms with Crippen LogP contribution in [0.25, 0.3) is 11.0 Å². The van der Waals surface area contributed by atoms with Crippen molar-refractivity contribution >= 4 is 16.9 Å².